The molecule has 1 aromatic heterocycles. The van der Waals surface area contributed by atoms with Gasteiger partial charge in [-0.1, -0.05) is 48.5 Å². The molecule has 0 radical (unpaired) electrons. The van der Waals surface area contributed by atoms with Crippen LogP contribution in [0.3, 0.4) is 0 Å². The molecule has 5 rings (SSSR count). The van der Waals surface area contributed by atoms with E-state index in [9.17, 15) is 10.1 Å². The summed E-state index contributed by atoms with van der Waals surface area (Å²) in [5.41, 5.74) is 3.21. The molecular weight excluding hydrogens is 338 g/mol. The fourth-order valence-corrected chi connectivity index (χ4v) is 3.67. The lowest BCUT2D eigenvalue weighted by Gasteiger charge is -2.10. The minimum atomic E-state index is -0.344. The maximum Gasteiger partial charge on any atom is 0.277 e. The monoisotopic (exact) mass is 351 g/mol. The molecule has 0 bridgehead atoms. The highest BCUT2D eigenvalue weighted by Crippen LogP contribution is 2.37. The Morgan fingerprint density at radius 3 is 2.07 bits per heavy atom. The van der Waals surface area contributed by atoms with Crippen LogP contribution >= 0.6 is 0 Å². The van der Waals surface area contributed by atoms with E-state index in [2.05, 4.69) is 16.0 Å². The van der Waals surface area contributed by atoms with E-state index in [0.29, 0.717) is 5.56 Å². The quantitative estimate of drug-likeness (QED) is 0.239. The van der Waals surface area contributed by atoms with E-state index >= 15 is 0 Å². The van der Waals surface area contributed by atoms with Crippen LogP contribution in [0.25, 0.3) is 43.7 Å². The first-order valence-corrected chi connectivity index (χ1v) is 8.53. The van der Waals surface area contributed by atoms with Crippen molar-refractivity contribution in [1.82, 2.24) is 9.97 Å². The van der Waals surface area contributed by atoms with Gasteiger partial charge in [0, 0.05) is 29.2 Å². The number of fused-ring (bicyclic) bond motifs is 6. The van der Waals surface area contributed by atoms with Crippen molar-refractivity contribution in [3.8, 4) is 11.1 Å². The third-order valence-corrected chi connectivity index (χ3v) is 4.86. The summed E-state index contributed by atoms with van der Waals surface area (Å²) < 4.78 is 0. The van der Waals surface area contributed by atoms with Crippen LogP contribution in [-0.2, 0) is 0 Å². The summed E-state index contributed by atoms with van der Waals surface area (Å²) in [5.74, 6) is 0. The summed E-state index contributed by atoms with van der Waals surface area (Å²) in [6, 6.07) is 20.8. The van der Waals surface area contributed by atoms with Crippen molar-refractivity contribution in [3.63, 3.8) is 0 Å². The minimum Gasteiger partial charge on any atom is -0.258 e. The van der Waals surface area contributed by atoms with Crippen molar-refractivity contribution in [2.24, 2.45) is 0 Å². The van der Waals surface area contributed by atoms with Crippen LogP contribution in [0, 0.1) is 10.1 Å². The van der Waals surface area contributed by atoms with Gasteiger partial charge in [0.2, 0.25) is 0 Å². The maximum absolute atomic E-state index is 11.4. The van der Waals surface area contributed by atoms with Crippen LogP contribution in [-0.4, -0.2) is 14.9 Å². The predicted octanol–water partition coefficient (Wildman–Crippen LogP) is 5.51. The van der Waals surface area contributed by atoms with E-state index in [0.717, 1.165) is 38.1 Å². The third-order valence-electron chi connectivity index (χ3n) is 4.86. The summed E-state index contributed by atoms with van der Waals surface area (Å²) in [6.07, 6.45) is 3.38. The standard InChI is InChI=1S/C22H13N3O2/c26-25(27)20-8-4-3-5-15(20)14-9-10-18-19(13-14)16-6-1-2-7-17(16)21-22(18)24-12-11-23-21/h1-13H. The molecule has 0 aliphatic heterocycles. The Kier molecular flexibility index (Phi) is 3.33. The Bertz CT molecular complexity index is 1330. The second kappa shape index (κ2) is 5.85. The first kappa shape index (κ1) is 15.4. The van der Waals surface area contributed by atoms with E-state index in [4.69, 9.17) is 0 Å². The molecule has 0 fully saturated rings. The molecule has 5 aromatic rings. The first-order chi connectivity index (χ1) is 13.2. The number of benzene rings is 4. The molecule has 0 atom stereocenters. The molecule has 0 amide bonds. The Morgan fingerprint density at radius 2 is 1.33 bits per heavy atom. The zero-order valence-corrected chi connectivity index (χ0v) is 14.2. The van der Waals surface area contributed by atoms with Gasteiger partial charge in [-0.2, -0.15) is 0 Å². The number of rotatable bonds is 2. The van der Waals surface area contributed by atoms with E-state index in [1.807, 2.05) is 42.5 Å². The molecule has 0 saturated heterocycles. The zero-order valence-electron chi connectivity index (χ0n) is 14.2. The summed E-state index contributed by atoms with van der Waals surface area (Å²) in [5, 5.41) is 15.5. The number of nitro groups is 1. The van der Waals surface area contributed by atoms with Crippen molar-refractivity contribution < 1.29 is 4.92 Å². The Labute approximate surface area is 154 Å². The van der Waals surface area contributed by atoms with Gasteiger partial charge >= 0.3 is 0 Å². The minimum absolute atomic E-state index is 0.0988. The van der Waals surface area contributed by atoms with Crippen LogP contribution in [0.15, 0.2) is 79.1 Å². The van der Waals surface area contributed by atoms with Crippen molar-refractivity contribution in [1.29, 1.82) is 0 Å². The van der Waals surface area contributed by atoms with Gasteiger partial charge in [0.1, 0.15) is 0 Å². The molecule has 5 nitrogen and oxygen atoms in total. The van der Waals surface area contributed by atoms with Gasteiger partial charge in [-0.25, -0.2) is 0 Å². The molecule has 0 saturated carbocycles. The van der Waals surface area contributed by atoms with Crippen molar-refractivity contribution in [2.45, 2.75) is 0 Å². The second-order valence-electron chi connectivity index (χ2n) is 6.33. The van der Waals surface area contributed by atoms with Crippen LogP contribution < -0.4 is 0 Å². The highest BCUT2D eigenvalue weighted by molar-refractivity contribution is 6.23. The lowest BCUT2D eigenvalue weighted by Crippen LogP contribution is -1.92. The van der Waals surface area contributed by atoms with Crippen LogP contribution in [0.4, 0.5) is 5.69 Å². The second-order valence-corrected chi connectivity index (χ2v) is 6.33. The van der Waals surface area contributed by atoms with Gasteiger partial charge in [0.15, 0.2) is 0 Å². The number of hydrogen-bond donors (Lipinski definition) is 0. The van der Waals surface area contributed by atoms with E-state index in [1.54, 1.807) is 24.5 Å². The van der Waals surface area contributed by atoms with E-state index < -0.39 is 0 Å². The van der Waals surface area contributed by atoms with Crippen LogP contribution in [0.5, 0.6) is 0 Å². The molecule has 27 heavy (non-hydrogen) atoms. The van der Waals surface area contributed by atoms with Gasteiger partial charge in [-0.05, 0) is 28.5 Å². The smallest absolute Gasteiger partial charge is 0.258 e. The van der Waals surface area contributed by atoms with Gasteiger partial charge in [0.05, 0.1) is 21.5 Å². The zero-order chi connectivity index (χ0) is 18.4. The average Bonchev–Trinajstić information content (AvgIpc) is 2.73. The number of para-hydroxylation sites is 1. The topological polar surface area (TPSA) is 68.9 Å². The normalized spacial score (nSPS) is 11.3. The van der Waals surface area contributed by atoms with Crippen molar-refractivity contribution >= 4 is 38.3 Å². The summed E-state index contributed by atoms with van der Waals surface area (Å²) in [6.45, 7) is 0. The molecule has 0 aliphatic rings. The van der Waals surface area contributed by atoms with E-state index in [1.165, 1.54) is 6.07 Å². The Morgan fingerprint density at radius 1 is 0.704 bits per heavy atom. The highest BCUT2D eigenvalue weighted by atomic mass is 16.6. The number of nitrogens with zero attached hydrogens (tertiary/aromatic N) is 3. The molecular formula is C22H13N3O2. The third kappa shape index (κ3) is 2.33. The van der Waals surface area contributed by atoms with Gasteiger partial charge in [-0.15, -0.1) is 0 Å². The number of nitro benzene ring substituents is 1. The molecule has 0 N–H and O–H groups in total. The van der Waals surface area contributed by atoms with Gasteiger partial charge < -0.3 is 0 Å². The lowest BCUT2D eigenvalue weighted by atomic mass is 9.95. The average molecular weight is 351 g/mol. The summed E-state index contributed by atoms with van der Waals surface area (Å²) in [4.78, 5) is 20.2. The summed E-state index contributed by atoms with van der Waals surface area (Å²) in [7, 11) is 0. The highest BCUT2D eigenvalue weighted by Gasteiger charge is 2.16. The van der Waals surface area contributed by atoms with E-state index in [-0.39, 0.29) is 10.6 Å². The van der Waals surface area contributed by atoms with Crippen molar-refractivity contribution in [3.05, 3.63) is 89.2 Å². The maximum atomic E-state index is 11.4. The predicted molar refractivity (Wildman–Crippen MR) is 107 cm³/mol. The van der Waals surface area contributed by atoms with Crippen molar-refractivity contribution in [2.75, 3.05) is 0 Å². The molecule has 5 heteroatoms. The number of hydrogen-bond acceptors (Lipinski definition) is 4. The molecule has 1 heterocycles. The molecule has 0 spiro atoms. The molecule has 0 aliphatic carbocycles. The fourth-order valence-electron chi connectivity index (χ4n) is 3.67. The summed E-state index contributed by atoms with van der Waals surface area (Å²) >= 11 is 0. The molecule has 128 valence electrons. The fraction of sp³-hybridized carbons (Fsp3) is 0. The van der Waals surface area contributed by atoms with Gasteiger partial charge in [-0.3, -0.25) is 20.1 Å². The number of aromatic nitrogens is 2. The Balaban J connectivity index is 1.92. The Hall–Kier alpha value is -3.86. The molecule has 0 unspecified atom stereocenters. The molecule has 4 aromatic carbocycles. The largest absolute Gasteiger partial charge is 0.277 e. The van der Waals surface area contributed by atoms with Crippen LogP contribution in [0.1, 0.15) is 0 Å². The van der Waals surface area contributed by atoms with Gasteiger partial charge in [0.25, 0.3) is 5.69 Å². The van der Waals surface area contributed by atoms with Crippen LogP contribution in [0.2, 0.25) is 0 Å². The SMILES string of the molecule is O=[N+]([O-])c1ccccc1-c1ccc2c(c1)c1ccccc1c1nccnc21. The first-order valence-electron chi connectivity index (χ1n) is 8.53. The lowest BCUT2D eigenvalue weighted by molar-refractivity contribution is -0.384.